The van der Waals surface area contributed by atoms with E-state index in [9.17, 15) is 4.79 Å². The molecule has 1 amide bonds. The highest BCUT2D eigenvalue weighted by Crippen LogP contribution is 2.14. The van der Waals surface area contributed by atoms with Crippen LogP contribution in [-0.4, -0.2) is 56.3 Å². The van der Waals surface area contributed by atoms with Crippen molar-refractivity contribution in [1.82, 2.24) is 24.2 Å². The molecule has 25 heavy (non-hydrogen) atoms. The van der Waals surface area contributed by atoms with Gasteiger partial charge in [0, 0.05) is 57.0 Å². The molecule has 4 rings (SSSR count). The van der Waals surface area contributed by atoms with Crippen LogP contribution in [0.2, 0.25) is 0 Å². The number of imidazole rings is 1. The molecule has 0 aromatic carbocycles. The highest BCUT2D eigenvalue weighted by atomic mass is 32.1. The van der Waals surface area contributed by atoms with E-state index in [0.717, 1.165) is 36.0 Å². The summed E-state index contributed by atoms with van der Waals surface area (Å²) < 4.78 is 2.03. The molecule has 0 atom stereocenters. The summed E-state index contributed by atoms with van der Waals surface area (Å²) in [6.07, 6.45) is 4.07. The SMILES string of the molecule is NCc1nc(C(=O)N2CCN(Cc3cn4ccccc4n3)CC2)cs1. The standard InChI is InChI=1S/C17H20N6OS/c18-9-16-20-14(12-25-16)17(24)22-7-5-21(6-8-22)10-13-11-23-4-2-1-3-15(23)19-13/h1-4,11-12H,5-10,18H2. The number of nitrogens with zero attached hydrogens (tertiary/aromatic N) is 5. The Morgan fingerprint density at radius 1 is 1.20 bits per heavy atom. The average Bonchev–Trinajstić information content (AvgIpc) is 3.28. The quantitative estimate of drug-likeness (QED) is 0.760. The fraction of sp³-hybridized carbons (Fsp3) is 0.353. The predicted molar refractivity (Wildman–Crippen MR) is 96.4 cm³/mol. The van der Waals surface area contributed by atoms with Crippen molar-refractivity contribution in [3.63, 3.8) is 0 Å². The Hall–Kier alpha value is -2.29. The van der Waals surface area contributed by atoms with Crippen molar-refractivity contribution >= 4 is 22.9 Å². The lowest BCUT2D eigenvalue weighted by Crippen LogP contribution is -2.48. The first kappa shape index (κ1) is 16.2. The molecule has 1 saturated heterocycles. The minimum Gasteiger partial charge on any atom is -0.335 e. The zero-order valence-electron chi connectivity index (χ0n) is 13.8. The lowest BCUT2D eigenvalue weighted by Gasteiger charge is -2.34. The maximum absolute atomic E-state index is 12.5. The molecule has 4 heterocycles. The maximum Gasteiger partial charge on any atom is 0.273 e. The van der Waals surface area contributed by atoms with Crippen LogP contribution in [0.1, 0.15) is 21.2 Å². The van der Waals surface area contributed by atoms with Crippen LogP contribution in [0.5, 0.6) is 0 Å². The van der Waals surface area contributed by atoms with E-state index in [1.165, 1.54) is 11.3 Å². The largest absolute Gasteiger partial charge is 0.335 e. The highest BCUT2D eigenvalue weighted by molar-refractivity contribution is 7.09. The Balaban J connectivity index is 1.35. The van der Waals surface area contributed by atoms with Crippen molar-refractivity contribution in [2.24, 2.45) is 5.73 Å². The molecule has 0 radical (unpaired) electrons. The summed E-state index contributed by atoms with van der Waals surface area (Å²) in [5.41, 5.74) is 8.10. The van der Waals surface area contributed by atoms with Gasteiger partial charge >= 0.3 is 0 Å². The Bertz CT molecular complexity index is 847. The van der Waals surface area contributed by atoms with Gasteiger partial charge in [0.15, 0.2) is 0 Å². The highest BCUT2D eigenvalue weighted by Gasteiger charge is 2.24. The summed E-state index contributed by atoms with van der Waals surface area (Å²) in [4.78, 5) is 25.6. The lowest BCUT2D eigenvalue weighted by atomic mass is 10.2. The zero-order chi connectivity index (χ0) is 17.2. The van der Waals surface area contributed by atoms with Gasteiger partial charge in [-0.1, -0.05) is 6.07 Å². The van der Waals surface area contributed by atoms with Gasteiger partial charge in [0.05, 0.1) is 5.69 Å². The van der Waals surface area contributed by atoms with Crippen molar-refractivity contribution in [2.45, 2.75) is 13.1 Å². The third-order valence-electron chi connectivity index (χ3n) is 4.40. The van der Waals surface area contributed by atoms with Crippen LogP contribution >= 0.6 is 11.3 Å². The molecule has 0 saturated carbocycles. The topological polar surface area (TPSA) is 79.8 Å². The first-order valence-corrected chi connectivity index (χ1v) is 9.19. The Morgan fingerprint density at radius 3 is 2.76 bits per heavy atom. The molecule has 3 aromatic heterocycles. The number of fused-ring (bicyclic) bond motifs is 1. The summed E-state index contributed by atoms with van der Waals surface area (Å²) in [6.45, 7) is 4.28. The number of carbonyl (C=O) groups excluding carboxylic acids is 1. The van der Waals surface area contributed by atoms with E-state index in [4.69, 9.17) is 5.73 Å². The third-order valence-corrected chi connectivity index (χ3v) is 5.28. The van der Waals surface area contributed by atoms with Gasteiger partial charge in [-0.2, -0.15) is 0 Å². The van der Waals surface area contributed by atoms with Crippen LogP contribution in [0.25, 0.3) is 5.65 Å². The fourth-order valence-corrected chi connectivity index (χ4v) is 3.71. The van der Waals surface area contributed by atoms with Gasteiger partial charge in [-0.05, 0) is 12.1 Å². The van der Waals surface area contributed by atoms with Crippen molar-refractivity contribution in [1.29, 1.82) is 0 Å². The molecule has 0 unspecified atom stereocenters. The van der Waals surface area contributed by atoms with E-state index < -0.39 is 0 Å². The first-order chi connectivity index (χ1) is 12.2. The van der Waals surface area contributed by atoms with Crippen LogP contribution < -0.4 is 5.73 Å². The van der Waals surface area contributed by atoms with Gasteiger partial charge in [0.1, 0.15) is 16.3 Å². The predicted octanol–water partition coefficient (Wildman–Crippen LogP) is 1.21. The first-order valence-electron chi connectivity index (χ1n) is 8.31. The van der Waals surface area contributed by atoms with E-state index in [1.807, 2.05) is 33.7 Å². The second kappa shape index (κ2) is 6.91. The smallest absolute Gasteiger partial charge is 0.273 e. The summed E-state index contributed by atoms with van der Waals surface area (Å²) in [6, 6.07) is 5.99. The molecular formula is C17H20N6OS. The third kappa shape index (κ3) is 3.41. The van der Waals surface area contributed by atoms with Crippen LogP contribution in [-0.2, 0) is 13.1 Å². The van der Waals surface area contributed by atoms with Crippen molar-refractivity contribution in [3.8, 4) is 0 Å². The van der Waals surface area contributed by atoms with Crippen LogP contribution in [0.3, 0.4) is 0 Å². The van der Waals surface area contributed by atoms with Gasteiger partial charge in [0.25, 0.3) is 5.91 Å². The average molecular weight is 356 g/mol. The Kier molecular flexibility index (Phi) is 4.48. The molecule has 0 spiro atoms. The number of hydrogen-bond donors (Lipinski definition) is 1. The van der Waals surface area contributed by atoms with E-state index in [1.54, 1.807) is 5.38 Å². The van der Waals surface area contributed by atoms with Gasteiger partial charge in [-0.25, -0.2) is 9.97 Å². The monoisotopic (exact) mass is 356 g/mol. The molecule has 7 nitrogen and oxygen atoms in total. The number of amides is 1. The number of aromatic nitrogens is 3. The van der Waals surface area contributed by atoms with E-state index >= 15 is 0 Å². The van der Waals surface area contributed by atoms with Crippen LogP contribution in [0.4, 0.5) is 0 Å². The summed E-state index contributed by atoms with van der Waals surface area (Å²) in [5, 5.41) is 2.60. The summed E-state index contributed by atoms with van der Waals surface area (Å²) in [7, 11) is 0. The van der Waals surface area contributed by atoms with Crippen molar-refractivity contribution < 1.29 is 4.79 Å². The molecule has 0 aliphatic carbocycles. The minimum absolute atomic E-state index is 0.00308. The van der Waals surface area contributed by atoms with Gasteiger partial charge in [0.2, 0.25) is 0 Å². The number of nitrogens with two attached hydrogens (primary N) is 1. The number of thiazole rings is 1. The second-order valence-corrected chi connectivity index (χ2v) is 7.04. The molecular weight excluding hydrogens is 336 g/mol. The number of piperazine rings is 1. The minimum atomic E-state index is 0.00308. The number of rotatable bonds is 4. The Morgan fingerprint density at radius 2 is 2.04 bits per heavy atom. The van der Waals surface area contributed by atoms with Crippen LogP contribution in [0, 0.1) is 0 Å². The molecule has 1 aliphatic rings. The normalized spacial score (nSPS) is 15.8. The summed E-state index contributed by atoms with van der Waals surface area (Å²) in [5.74, 6) is 0.00308. The number of hydrogen-bond acceptors (Lipinski definition) is 6. The molecule has 130 valence electrons. The second-order valence-electron chi connectivity index (χ2n) is 6.10. The van der Waals surface area contributed by atoms with E-state index in [-0.39, 0.29) is 5.91 Å². The number of pyridine rings is 1. The van der Waals surface area contributed by atoms with E-state index in [2.05, 4.69) is 21.1 Å². The fourth-order valence-electron chi connectivity index (χ4n) is 3.07. The maximum atomic E-state index is 12.5. The molecule has 0 bridgehead atoms. The molecule has 2 N–H and O–H groups in total. The van der Waals surface area contributed by atoms with Gasteiger partial charge < -0.3 is 15.0 Å². The summed E-state index contributed by atoms with van der Waals surface area (Å²) >= 11 is 1.44. The molecule has 1 aliphatic heterocycles. The lowest BCUT2D eigenvalue weighted by molar-refractivity contribution is 0.0622. The molecule has 3 aromatic rings. The van der Waals surface area contributed by atoms with Crippen molar-refractivity contribution in [3.05, 3.63) is 52.4 Å². The van der Waals surface area contributed by atoms with Gasteiger partial charge in [-0.3, -0.25) is 9.69 Å². The van der Waals surface area contributed by atoms with Crippen molar-refractivity contribution in [2.75, 3.05) is 26.2 Å². The van der Waals surface area contributed by atoms with E-state index in [0.29, 0.717) is 25.3 Å². The Labute approximate surface area is 149 Å². The number of carbonyl (C=O) groups is 1. The zero-order valence-corrected chi connectivity index (χ0v) is 14.7. The van der Waals surface area contributed by atoms with Gasteiger partial charge in [-0.15, -0.1) is 11.3 Å². The molecule has 8 heteroatoms. The van der Waals surface area contributed by atoms with Crippen LogP contribution in [0.15, 0.2) is 36.0 Å². The molecule has 1 fully saturated rings.